The molecule has 0 aliphatic carbocycles. The number of amides is 2. The number of nitrogens with zero attached hydrogens (tertiary/aromatic N) is 2. The fraction of sp³-hybridized carbons (Fsp3) is 0.346. The van der Waals surface area contributed by atoms with Crippen LogP contribution in [0.15, 0.2) is 51.7 Å². The molecule has 1 saturated heterocycles. The predicted molar refractivity (Wildman–Crippen MR) is 127 cm³/mol. The van der Waals surface area contributed by atoms with E-state index < -0.39 is 11.7 Å². The van der Waals surface area contributed by atoms with Crippen molar-refractivity contribution in [1.82, 2.24) is 9.80 Å². The molecule has 9 heteroatoms. The van der Waals surface area contributed by atoms with Crippen molar-refractivity contribution in [3.05, 3.63) is 64.0 Å². The number of carbonyl (C=O) groups excluding carboxylic acids is 2. The average Bonchev–Trinajstić information content (AvgIpc) is 2.90. The molecule has 3 aromatic rings. The van der Waals surface area contributed by atoms with Gasteiger partial charge in [0, 0.05) is 37.6 Å². The summed E-state index contributed by atoms with van der Waals surface area (Å²) in [5, 5.41) is 0.764. The van der Waals surface area contributed by atoms with Crippen LogP contribution in [0.5, 0.6) is 17.2 Å². The molecule has 1 aromatic heterocycles. The summed E-state index contributed by atoms with van der Waals surface area (Å²) in [5.41, 5.74) is 0.959. The zero-order valence-corrected chi connectivity index (χ0v) is 19.6. The molecule has 5 rings (SSSR count). The van der Waals surface area contributed by atoms with Crippen LogP contribution in [0.2, 0.25) is 0 Å². The smallest absolute Gasteiger partial charge is 0.340 e. The Kier molecular flexibility index (Phi) is 6.07. The van der Waals surface area contributed by atoms with Gasteiger partial charge in [0.25, 0.3) is 5.91 Å². The van der Waals surface area contributed by atoms with Crippen LogP contribution in [0.1, 0.15) is 11.1 Å². The summed E-state index contributed by atoms with van der Waals surface area (Å²) in [4.78, 5) is 41.9. The van der Waals surface area contributed by atoms with E-state index in [0.29, 0.717) is 54.6 Å². The number of hydrogen-bond acceptors (Lipinski definition) is 7. The van der Waals surface area contributed by atoms with Gasteiger partial charge in [-0.15, -0.1) is 0 Å². The topological polar surface area (TPSA) is 98.5 Å². The number of carbonyl (C=O) groups is 2. The van der Waals surface area contributed by atoms with E-state index in [4.69, 9.17) is 18.6 Å². The Hall–Kier alpha value is -4.01. The van der Waals surface area contributed by atoms with Gasteiger partial charge in [-0.25, -0.2) is 4.79 Å². The van der Waals surface area contributed by atoms with Gasteiger partial charge >= 0.3 is 5.63 Å². The molecule has 0 radical (unpaired) electrons. The van der Waals surface area contributed by atoms with Gasteiger partial charge in [-0.1, -0.05) is 12.1 Å². The summed E-state index contributed by atoms with van der Waals surface area (Å²) in [6.07, 6.45) is -0.767. The van der Waals surface area contributed by atoms with Crippen LogP contribution in [0.25, 0.3) is 11.0 Å². The van der Waals surface area contributed by atoms with Crippen molar-refractivity contribution in [1.29, 1.82) is 0 Å². The first-order chi connectivity index (χ1) is 16.9. The highest BCUT2D eigenvalue weighted by molar-refractivity contribution is 5.86. The standard InChI is InChI=1S/C26H26N2O7/c1-16-18-8-7-17(32-2)13-22(18)35-26(31)19(16)14-24(29)27-9-11-28(12-10-27)25(30)23-15-33-20-5-3-4-6-21(20)34-23/h3-8,13,23H,9-12,14-15H2,1-2H3/t23-/m0/s1. The second kappa shape index (κ2) is 9.32. The Morgan fingerprint density at radius 2 is 1.74 bits per heavy atom. The molecule has 2 aromatic carbocycles. The largest absolute Gasteiger partial charge is 0.497 e. The maximum atomic E-state index is 13.0. The number of rotatable bonds is 4. The summed E-state index contributed by atoms with van der Waals surface area (Å²) in [6, 6.07) is 12.5. The number of hydrogen-bond donors (Lipinski definition) is 0. The lowest BCUT2D eigenvalue weighted by Crippen LogP contribution is -2.55. The van der Waals surface area contributed by atoms with E-state index in [2.05, 4.69) is 0 Å². The fourth-order valence-corrected chi connectivity index (χ4v) is 4.49. The van der Waals surface area contributed by atoms with Gasteiger partial charge in [-0.2, -0.15) is 0 Å². The van der Waals surface area contributed by atoms with Crippen molar-refractivity contribution in [2.45, 2.75) is 19.4 Å². The van der Waals surface area contributed by atoms with Crippen LogP contribution in [0.3, 0.4) is 0 Å². The number of ether oxygens (including phenoxy) is 3. The molecular formula is C26H26N2O7. The Bertz CT molecular complexity index is 1340. The van der Waals surface area contributed by atoms with Gasteiger partial charge in [-0.05, 0) is 36.8 Å². The van der Waals surface area contributed by atoms with E-state index in [-0.39, 0.29) is 24.8 Å². The Morgan fingerprint density at radius 1 is 1.03 bits per heavy atom. The maximum Gasteiger partial charge on any atom is 0.340 e. The number of piperazine rings is 1. The van der Waals surface area contributed by atoms with Gasteiger partial charge in [0.15, 0.2) is 11.5 Å². The van der Waals surface area contributed by atoms with Gasteiger partial charge in [0.05, 0.1) is 19.1 Å². The summed E-state index contributed by atoms with van der Waals surface area (Å²) >= 11 is 0. The molecule has 2 aliphatic heterocycles. The fourth-order valence-electron chi connectivity index (χ4n) is 4.49. The molecular weight excluding hydrogens is 452 g/mol. The van der Waals surface area contributed by atoms with Crippen molar-refractivity contribution >= 4 is 22.8 Å². The minimum Gasteiger partial charge on any atom is -0.497 e. The molecule has 0 bridgehead atoms. The molecule has 2 aliphatic rings. The van der Waals surface area contributed by atoms with E-state index in [0.717, 1.165) is 10.9 Å². The number of fused-ring (bicyclic) bond motifs is 2. The highest BCUT2D eigenvalue weighted by Gasteiger charge is 2.33. The minimum atomic E-state index is -0.712. The lowest BCUT2D eigenvalue weighted by molar-refractivity contribution is -0.146. The summed E-state index contributed by atoms with van der Waals surface area (Å²) in [5.74, 6) is 1.43. The molecule has 0 unspecified atom stereocenters. The summed E-state index contributed by atoms with van der Waals surface area (Å²) in [7, 11) is 1.54. The molecule has 1 atom stereocenters. The quantitative estimate of drug-likeness (QED) is 0.530. The molecule has 2 amide bonds. The molecule has 35 heavy (non-hydrogen) atoms. The predicted octanol–water partition coefficient (Wildman–Crippen LogP) is 2.16. The van der Waals surface area contributed by atoms with Crippen LogP contribution in [-0.4, -0.2) is 67.6 Å². The molecule has 0 N–H and O–H groups in total. The second-order valence-electron chi connectivity index (χ2n) is 8.60. The SMILES string of the molecule is COc1ccc2c(C)c(CC(=O)N3CCN(C(=O)[C@@H]4COc5ccccc5O4)CC3)c(=O)oc2c1. The highest BCUT2D eigenvalue weighted by Crippen LogP contribution is 2.31. The maximum absolute atomic E-state index is 13.0. The minimum absolute atomic E-state index is 0.0551. The molecule has 182 valence electrons. The first-order valence-corrected chi connectivity index (χ1v) is 11.5. The summed E-state index contributed by atoms with van der Waals surface area (Å²) in [6.45, 7) is 3.50. The number of para-hydroxylation sites is 2. The monoisotopic (exact) mass is 478 g/mol. The lowest BCUT2D eigenvalue weighted by atomic mass is 10.0. The van der Waals surface area contributed by atoms with Crippen LogP contribution in [-0.2, 0) is 16.0 Å². The Balaban J connectivity index is 1.22. The molecule has 1 fully saturated rings. The molecule has 9 nitrogen and oxygen atoms in total. The third-order valence-corrected chi connectivity index (χ3v) is 6.55. The van der Waals surface area contributed by atoms with E-state index >= 15 is 0 Å². The van der Waals surface area contributed by atoms with E-state index in [1.165, 1.54) is 0 Å². The molecule has 0 saturated carbocycles. The second-order valence-corrected chi connectivity index (χ2v) is 8.60. The first kappa shape index (κ1) is 22.8. The molecule has 3 heterocycles. The van der Waals surface area contributed by atoms with E-state index in [9.17, 15) is 14.4 Å². The first-order valence-electron chi connectivity index (χ1n) is 11.5. The summed E-state index contributed by atoms with van der Waals surface area (Å²) < 4.78 is 22.1. The van der Waals surface area contributed by atoms with Crippen molar-refractivity contribution in [2.75, 3.05) is 39.9 Å². The van der Waals surface area contributed by atoms with Crippen molar-refractivity contribution in [3.8, 4) is 17.2 Å². The number of methoxy groups -OCH3 is 1. The van der Waals surface area contributed by atoms with Gasteiger partial charge in [0.1, 0.15) is 17.9 Å². The third kappa shape index (κ3) is 4.41. The Labute approximate surface area is 201 Å². The van der Waals surface area contributed by atoms with Gasteiger partial charge < -0.3 is 28.4 Å². The average molecular weight is 479 g/mol. The lowest BCUT2D eigenvalue weighted by Gasteiger charge is -2.37. The van der Waals surface area contributed by atoms with Gasteiger partial charge in [-0.3, -0.25) is 9.59 Å². The zero-order valence-electron chi connectivity index (χ0n) is 19.6. The normalized spacial score (nSPS) is 17.4. The highest BCUT2D eigenvalue weighted by atomic mass is 16.6. The van der Waals surface area contributed by atoms with Crippen LogP contribution in [0, 0.1) is 6.92 Å². The zero-order chi connectivity index (χ0) is 24.5. The van der Waals surface area contributed by atoms with Gasteiger partial charge in [0.2, 0.25) is 12.0 Å². The number of aryl methyl sites for hydroxylation is 1. The van der Waals surface area contributed by atoms with E-state index in [1.54, 1.807) is 41.2 Å². The van der Waals surface area contributed by atoms with E-state index in [1.807, 2.05) is 25.1 Å². The van der Waals surface area contributed by atoms with Crippen LogP contribution >= 0.6 is 0 Å². The Morgan fingerprint density at radius 3 is 2.49 bits per heavy atom. The van der Waals surface area contributed by atoms with Crippen molar-refractivity contribution < 1.29 is 28.2 Å². The van der Waals surface area contributed by atoms with Crippen molar-refractivity contribution in [2.24, 2.45) is 0 Å². The van der Waals surface area contributed by atoms with Crippen LogP contribution < -0.4 is 19.8 Å². The third-order valence-electron chi connectivity index (χ3n) is 6.55. The van der Waals surface area contributed by atoms with Crippen molar-refractivity contribution in [3.63, 3.8) is 0 Å². The van der Waals surface area contributed by atoms with Crippen LogP contribution in [0.4, 0.5) is 0 Å². The number of benzene rings is 2. The molecule has 0 spiro atoms.